The first-order valence-electron chi connectivity index (χ1n) is 9.26. The molecule has 0 unspecified atom stereocenters. The summed E-state index contributed by atoms with van der Waals surface area (Å²) in [4.78, 5) is 14.8. The molecule has 4 rings (SSSR count). The lowest BCUT2D eigenvalue weighted by Gasteiger charge is -2.23. The number of amides is 1. The average Bonchev–Trinajstić information content (AvgIpc) is 3.22. The van der Waals surface area contributed by atoms with Crippen molar-refractivity contribution in [1.29, 1.82) is 0 Å². The predicted octanol–water partition coefficient (Wildman–Crippen LogP) is 1.77. The Hall–Kier alpha value is -2.08. The van der Waals surface area contributed by atoms with Gasteiger partial charge in [-0.25, -0.2) is 0 Å². The van der Waals surface area contributed by atoms with Crippen LogP contribution >= 0.6 is 0 Å². The van der Waals surface area contributed by atoms with Crippen molar-refractivity contribution in [3.8, 4) is 0 Å². The van der Waals surface area contributed by atoms with Crippen molar-refractivity contribution in [2.24, 2.45) is 18.9 Å². The van der Waals surface area contributed by atoms with Gasteiger partial charge in [-0.3, -0.25) is 14.4 Å². The summed E-state index contributed by atoms with van der Waals surface area (Å²) in [6.45, 7) is 4.51. The molecule has 2 aromatic rings. The summed E-state index contributed by atoms with van der Waals surface area (Å²) < 4.78 is 4.15. The van der Waals surface area contributed by atoms with Crippen LogP contribution in [0.2, 0.25) is 0 Å². The Morgan fingerprint density at radius 2 is 2.20 bits per heavy atom. The Kier molecular flexibility index (Phi) is 4.61. The number of fused-ring (bicyclic) bond motifs is 1. The lowest BCUT2D eigenvalue weighted by Crippen LogP contribution is -2.33. The van der Waals surface area contributed by atoms with Crippen LogP contribution in [0, 0.1) is 11.8 Å². The maximum absolute atomic E-state index is 12.3. The van der Waals surface area contributed by atoms with E-state index in [1.807, 2.05) is 17.9 Å². The van der Waals surface area contributed by atoms with Crippen molar-refractivity contribution in [1.82, 2.24) is 24.6 Å². The van der Waals surface area contributed by atoms with Crippen LogP contribution in [-0.4, -0.2) is 38.2 Å². The third kappa shape index (κ3) is 4.31. The van der Waals surface area contributed by atoms with E-state index in [2.05, 4.69) is 44.4 Å². The highest BCUT2D eigenvalue weighted by molar-refractivity contribution is 5.76. The quantitative estimate of drug-likeness (QED) is 0.871. The Morgan fingerprint density at radius 3 is 2.96 bits per heavy atom. The summed E-state index contributed by atoms with van der Waals surface area (Å²) in [7, 11) is 1.95. The number of nitrogens with zero attached hydrogens (tertiary/aromatic N) is 4. The highest BCUT2D eigenvalue weighted by Gasteiger charge is 2.25. The summed E-state index contributed by atoms with van der Waals surface area (Å²) in [5.74, 6) is 1.27. The minimum Gasteiger partial charge on any atom is -0.356 e. The third-order valence-electron chi connectivity index (χ3n) is 5.20. The van der Waals surface area contributed by atoms with E-state index in [0.717, 1.165) is 38.6 Å². The van der Waals surface area contributed by atoms with Crippen LogP contribution in [0.15, 0.2) is 30.7 Å². The van der Waals surface area contributed by atoms with E-state index in [0.29, 0.717) is 12.3 Å². The Balaban J connectivity index is 1.41. The molecule has 2 aromatic heterocycles. The van der Waals surface area contributed by atoms with Gasteiger partial charge >= 0.3 is 0 Å². The smallest absolute Gasteiger partial charge is 0.220 e. The van der Waals surface area contributed by atoms with Gasteiger partial charge in [0.1, 0.15) is 0 Å². The molecule has 0 bridgehead atoms. The van der Waals surface area contributed by atoms with Crippen molar-refractivity contribution in [2.75, 3.05) is 13.1 Å². The van der Waals surface area contributed by atoms with Gasteiger partial charge in [-0.2, -0.15) is 5.10 Å². The molecule has 0 spiro atoms. The van der Waals surface area contributed by atoms with Crippen LogP contribution in [0.1, 0.15) is 30.5 Å². The second kappa shape index (κ2) is 7.04. The molecule has 6 nitrogen and oxygen atoms in total. The molecule has 3 heterocycles. The molecule has 1 aliphatic heterocycles. The van der Waals surface area contributed by atoms with Crippen LogP contribution in [0.25, 0.3) is 0 Å². The van der Waals surface area contributed by atoms with Crippen molar-refractivity contribution >= 4 is 5.91 Å². The highest BCUT2D eigenvalue weighted by Crippen LogP contribution is 2.27. The molecule has 6 heteroatoms. The number of aromatic nitrogens is 3. The number of hydrogen-bond donors (Lipinski definition) is 1. The van der Waals surface area contributed by atoms with E-state index < -0.39 is 0 Å². The molecule has 0 aromatic carbocycles. The van der Waals surface area contributed by atoms with E-state index in [1.165, 1.54) is 24.1 Å². The predicted molar refractivity (Wildman–Crippen MR) is 95.6 cm³/mol. The average molecular weight is 341 g/mol. The molecule has 1 fully saturated rings. The summed E-state index contributed by atoms with van der Waals surface area (Å²) in [5.41, 5.74) is 2.55. The van der Waals surface area contributed by atoms with Crippen molar-refractivity contribution in [3.63, 3.8) is 0 Å². The first kappa shape index (κ1) is 16.4. The van der Waals surface area contributed by atoms with Crippen LogP contribution < -0.4 is 5.32 Å². The Bertz CT molecular complexity index is 730. The Morgan fingerprint density at radius 1 is 1.32 bits per heavy atom. The van der Waals surface area contributed by atoms with Crippen molar-refractivity contribution in [3.05, 3.63) is 42.0 Å². The fourth-order valence-electron chi connectivity index (χ4n) is 3.74. The minimum absolute atomic E-state index is 0.203. The van der Waals surface area contributed by atoms with E-state index >= 15 is 0 Å². The van der Waals surface area contributed by atoms with Gasteiger partial charge in [-0.15, -0.1) is 0 Å². The van der Waals surface area contributed by atoms with Gasteiger partial charge in [0.25, 0.3) is 0 Å². The fourth-order valence-corrected chi connectivity index (χ4v) is 3.74. The standard InChI is InChI=1S/C19H27N5O/c1-22-10-17(9-21-22)12-23-11-16(7-19(25)20-8-15-4-5-15)13-24-6-2-3-18(24)14-23/h2-3,6,9-10,15-16H,4-5,7-8,11-14H2,1H3,(H,20,25)/t16-/m0/s1. The van der Waals surface area contributed by atoms with Gasteiger partial charge in [0.2, 0.25) is 5.91 Å². The minimum atomic E-state index is 0.203. The summed E-state index contributed by atoms with van der Waals surface area (Å²) in [6, 6.07) is 4.29. The zero-order valence-corrected chi connectivity index (χ0v) is 14.9. The molecule has 1 amide bonds. The van der Waals surface area contributed by atoms with E-state index in [9.17, 15) is 4.79 Å². The largest absolute Gasteiger partial charge is 0.356 e. The molecule has 0 saturated heterocycles. The molecule has 1 atom stereocenters. The second-order valence-electron chi connectivity index (χ2n) is 7.66. The molecule has 1 saturated carbocycles. The number of rotatable bonds is 6. The number of aryl methyl sites for hydroxylation is 1. The molecule has 134 valence electrons. The monoisotopic (exact) mass is 341 g/mol. The summed E-state index contributed by atoms with van der Waals surface area (Å²) in [5, 5.41) is 7.39. The lowest BCUT2D eigenvalue weighted by molar-refractivity contribution is -0.122. The van der Waals surface area contributed by atoms with Crippen LogP contribution in [-0.2, 0) is 31.5 Å². The first-order valence-corrected chi connectivity index (χ1v) is 9.26. The zero-order valence-electron chi connectivity index (χ0n) is 14.9. The maximum atomic E-state index is 12.3. The Labute approximate surface area is 148 Å². The third-order valence-corrected chi connectivity index (χ3v) is 5.20. The van der Waals surface area contributed by atoms with Crippen molar-refractivity contribution in [2.45, 2.75) is 38.9 Å². The summed E-state index contributed by atoms with van der Waals surface area (Å²) in [6.07, 6.45) is 9.29. The van der Waals surface area contributed by atoms with E-state index in [4.69, 9.17) is 0 Å². The normalized spacial score (nSPS) is 20.9. The topological polar surface area (TPSA) is 55.1 Å². The molecule has 0 radical (unpaired) electrons. The van der Waals surface area contributed by atoms with E-state index in [-0.39, 0.29) is 5.91 Å². The number of nitrogens with one attached hydrogen (secondary N) is 1. The van der Waals surface area contributed by atoms with Gasteiger partial charge in [-0.1, -0.05) is 0 Å². The van der Waals surface area contributed by atoms with Gasteiger partial charge in [0.05, 0.1) is 6.20 Å². The SMILES string of the molecule is Cn1cc(CN2Cc3cccn3C[C@@H](CC(=O)NCC3CC3)C2)cn1. The fraction of sp³-hybridized carbons (Fsp3) is 0.579. The molecular formula is C19H27N5O. The van der Waals surface area contributed by atoms with Gasteiger partial charge in [-0.05, 0) is 36.8 Å². The zero-order chi connectivity index (χ0) is 17.2. The summed E-state index contributed by atoms with van der Waals surface area (Å²) >= 11 is 0. The van der Waals surface area contributed by atoms with Crippen LogP contribution in [0.4, 0.5) is 0 Å². The highest BCUT2D eigenvalue weighted by atomic mass is 16.1. The number of hydrogen-bond acceptors (Lipinski definition) is 3. The molecule has 25 heavy (non-hydrogen) atoms. The van der Waals surface area contributed by atoms with Gasteiger partial charge in [0.15, 0.2) is 0 Å². The molecule has 1 aliphatic carbocycles. The van der Waals surface area contributed by atoms with Gasteiger partial charge < -0.3 is 9.88 Å². The molecule has 2 aliphatic rings. The first-order chi connectivity index (χ1) is 12.2. The van der Waals surface area contributed by atoms with Gasteiger partial charge in [0, 0.05) is 69.8 Å². The molecular weight excluding hydrogens is 314 g/mol. The second-order valence-corrected chi connectivity index (χ2v) is 7.66. The van der Waals surface area contributed by atoms with Crippen molar-refractivity contribution < 1.29 is 4.79 Å². The number of carbonyl (C=O) groups is 1. The van der Waals surface area contributed by atoms with Crippen LogP contribution in [0.5, 0.6) is 0 Å². The lowest BCUT2D eigenvalue weighted by atomic mass is 10.0. The van der Waals surface area contributed by atoms with Crippen LogP contribution in [0.3, 0.4) is 0 Å². The molecule has 1 N–H and O–H groups in total. The number of carbonyl (C=O) groups excluding carboxylic acids is 1. The maximum Gasteiger partial charge on any atom is 0.220 e. The van der Waals surface area contributed by atoms with E-state index in [1.54, 1.807) is 0 Å².